The lowest BCUT2D eigenvalue weighted by atomic mass is 10.1. The lowest BCUT2D eigenvalue weighted by molar-refractivity contribution is 0.0971. The van der Waals surface area contributed by atoms with Crippen molar-refractivity contribution in [3.05, 3.63) is 35.9 Å². The maximum absolute atomic E-state index is 5.77. The van der Waals surface area contributed by atoms with Crippen molar-refractivity contribution in [2.75, 3.05) is 13.2 Å². The van der Waals surface area contributed by atoms with Crippen LogP contribution in [0.5, 0.6) is 0 Å². The van der Waals surface area contributed by atoms with Gasteiger partial charge in [0.15, 0.2) is 0 Å². The Morgan fingerprint density at radius 2 is 1.89 bits per heavy atom. The van der Waals surface area contributed by atoms with Crippen molar-refractivity contribution in [3.63, 3.8) is 0 Å². The normalized spacial score (nSPS) is 12.9. The average Bonchev–Trinajstić information content (AvgIpc) is 2.38. The van der Waals surface area contributed by atoms with Gasteiger partial charge in [0, 0.05) is 6.04 Å². The van der Waals surface area contributed by atoms with Crippen LogP contribution in [0.15, 0.2) is 30.3 Å². The lowest BCUT2D eigenvalue weighted by Crippen LogP contribution is -2.34. The fourth-order valence-electron chi connectivity index (χ4n) is 1.79. The van der Waals surface area contributed by atoms with E-state index < -0.39 is 0 Å². The molecule has 0 saturated carbocycles. The van der Waals surface area contributed by atoms with E-state index >= 15 is 0 Å². The van der Waals surface area contributed by atoms with Crippen LogP contribution in [0.1, 0.15) is 39.2 Å². The summed E-state index contributed by atoms with van der Waals surface area (Å²) in [7, 11) is 0. The SMILES string of the molecule is CCC(COCc1ccccc1)NCCC(C)C. The third kappa shape index (κ3) is 6.77. The molecular formula is C16H27NO. The van der Waals surface area contributed by atoms with Crippen LogP contribution in [-0.2, 0) is 11.3 Å². The Kier molecular flexibility index (Phi) is 7.70. The van der Waals surface area contributed by atoms with Gasteiger partial charge in [-0.2, -0.15) is 0 Å². The molecule has 0 heterocycles. The number of nitrogens with one attached hydrogen (secondary N) is 1. The predicted molar refractivity (Wildman–Crippen MR) is 77.6 cm³/mol. The third-order valence-electron chi connectivity index (χ3n) is 3.08. The quantitative estimate of drug-likeness (QED) is 0.722. The minimum Gasteiger partial charge on any atom is -0.375 e. The van der Waals surface area contributed by atoms with Gasteiger partial charge in [-0.1, -0.05) is 51.1 Å². The van der Waals surface area contributed by atoms with Gasteiger partial charge >= 0.3 is 0 Å². The summed E-state index contributed by atoms with van der Waals surface area (Å²) in [4.78, 5) is 0. The second-order valence-electron chi connectivity index (χ2n) is 5.24. The number of benzene rings is 1. The summed E-state index contributed by atoms with van der Waals surface area (Å²) in [5, 5.41) is 3.56. The highest BCUT2D eigenvalue weighted by atomic mass is 16.5. The topological polar surface area (TPSA) is 21.3 Å². The summed E-state index contributed by atoms with van der Waals surface area (Å²) in [6.07, 6.45) is 2.35. The summed E-state index contributed by atoms with van der Waals surface area (Å²) in [5.74, 6) is 0.764. The highest BCUT2D eigenvalue weighted by molar-refractivity contribution is 5.13. The van der Waals surface area contributed by atoms with Crippen molar-refractivity contribution < 1.29 is 4.74 Å². The van der Waals surface area contributed by atoms with Crippen molar-refractivity contribution in [2.24, 2.45) is 5.92 Å². The van der Waals surface area contributed by atoms with E-state index in [1.807, 2.05) is 6.07 Å². The molecular weight excluding hydrogens is 222 g/mol. The van der Waals surface area contributed by atoms with E-state index in [1.165, 1.54) is 12.0 Å². The van der Waals surface area contributed by atoms with Crippen molar-refractivity contribution in [2.45, 2.75) is 46.3 Å². The first-order valence-corrected chi connectivity index (χ1v) is 7.07. The summed E-state index contributed by atoms with van der Waals surface area (Å²) in [5.41, 5.74) is 1.24. The minimum absolute atomic E-state index is 0.479. The first-order chi connectivity index (χ1) is 8.72. The Morgan fingerprint density at radius 3 is 2.50 bits per heavy atom. The zero-order chi connectivity index (χ0) is 13.2. The molecule has 0 radical (unpaired) electrons. The van der Waals surface area contributed by atoms with Crippen LogP contribution >= 0.6 is 0 Å². The molecule has 0 bridgehead atoms. The molecule has 2 nitrogen and oxygen atoms in total. The highest BCUT2D eigenvalue weighted by Gasteiger charge is 2.05. The van der Waals surface area contributed by atoms with Gasteiger partial charge in [-0.05, 0) is 30.9 Å². The van der Waals surface area contributed by atoms with Crippen LogP contribution < -0.4 is 5.32 Å². The maximum Gasteiger partial charge on any atom is 0.0717 e. The minimum atomic E-state index is 0.479. The standard InChI is InChI=1S/C16H27NO/c1-4-16(17-11-10-14(2)3)13-18-12-15-8-6-5-7-9-15/h5-9,14,16-17H,4,10-13H2,1-3H3. The molecule has 1 unspecified atom stereocenters. The maximum atomic E-state index is 5.77. The van der Waals surface area contributed by atoms with E-state index in [9.17, 15) is 0 Å². The summed E-state index contributed by atoms with van der Waals surface area (Å²) in [6.45, 7) is 9.32. The van der Waals surface area contributed by atoms with Gasteiger partial charge < -0.3 is 10.1 Å². The number of rotatable bonds is 9. The number of hydrogen-bond acceptors (Lipinski definition) is 2. The van der Waals surface area contributed by atoms with Gasteiger partial charge in [0.05, 0.1) is 13.2 Å². The van der Waals surface area contributed by atoms with E-state index in [4.69, 9.17) is 4.74 Å². The Labute approximate surface area is 112 Å². The molecule has 1 N–H and O–H groups in total. The predicted octanol–water partition coefficient (Wildman–Crippen LogP) is 3.62. The van der Waals surface area contributed by atoms with Crippen LogP contribution in [0.25, 0.3) is 0 Å². The summed E-state index contributed by atoms with van der Waals surface area (Å²) in [6, 6.07) is 10.8. The molecule has 1 atom stereocenters. The smallest absolute Gasteiger partial charge is 0.0717 e. The van der Waals surface area contributed by atoms with E-state index in [0.29, 0.717) is 12.6 Å². The van der Waals surface area contributed by atoms with Crippen LogP contribution in [0.3, 0.4) is 0 Å². The Bertz CT molecular complexity index is 297. The van der Waals surface area contributed by atoms with Gasteiger partial charge in [-0.25, -0.2) is 0 Å². The molecule has 1 aromatic carbocycles. The lowest BCUT2D eigenvalue weighted by Gasteiger charge is -2.17. The molecule has 0 aromatic heterocycles. The second-order valence-corrected chi connectivity index (χ2v) is 5.24. The molecule has 0 aliphatic rings. The molecule has 0 aliphatic carbocycles. The van der Waals surface area contributed by atoms with E-state index in [0.717, 1.165) is 25.5 Å². The fourth-order valence-corrected chi connectivity index (χ4v) is 1.79. The van der Waals surface area contributed by atoms with Gasteiger partial charge in [0.1, 0.15) is 0 Å². The first-order valence-electron chi connectivity index (χ1n) is 7.07. The van der Waals surface area contributed by atoms with Crippen LogP contribution in [0, 0.1) is 5.92 Å². The Hall–Kier alpha value is -0.860. The monoisotopic (exact) mass is 249 g/mol. The van der Waals surface area contributed by atoms with Gasteiger partial charge in [0.2, 0.25) is 0 Å². The second kappa shape index (κ2) is 9.12. The number of ether oxygens (including phenoxy) is 1. The van der Waals surface area contributed by atoms with Crippen LogP contribution in [-0.4, -0.2) is 19.2 Å². The van der Waals surface area contributed by atoms with Gasteiger partial charge in [-0.3, -0.25) is 0 Å². The fraction of sp³-hybridized carbons (Fsp3) is 0.625. The van der Waals surface area contributed by atoms with Crippen LogP contribution in [0.4, 0.5) is 0 Å². The molecule has 0 amide bonds. The molecule has 0 spiro atoms. The molecule has 1 rings (SSSR count). The molecule has 0 aliphatic heterocycles. The summed E-state index contributed by atoms with van der Waals surface area (Å²) < 4.78 is 5.77. The Morgan fingerprint density at radius 1 is 1.17 bits per heavy atom. The molecule has 0 saturated heterocycles. The molecule has 18 heavy (non-hydrogen) atoms. The number of hydrogen-bond donors (Lipinski definition) is 1. The molecule has 2 heteroatoms. The highest BCUT2D eigenvalue weighted by Crippen LogP contribution is 2.03. The molecule has 102 valence electrons. The van der Waals surface area contributed by atoms with E-state index in [1.54, 1.807) is 0 Å². The first kappa shape index (κ1) is 15.2. The summed E-state index contributed by atoms with van der Waals surface area (Å²) >= 11 is 0. The van der Waals surface area contributed by atoms with Crippen LogP contribution in [0.2, 0.25) is 0 Å². The zero-order valence-electron chi connectivity index (χ0n) is 12.0. The molecule has 0 fully saturated rings. The zero-order valence-corrected chi connectivity index (χ0v) is 12.0. The molecule has 1 aromatic rings. The van der Waals surface area contributed by atoms with Crippen molar-refractivity contribution in [1.29, 1.82) is 0 Å². The van der Waals surface area contributed by atoms with Gasteiger partial charge in [-0.15, -0.1) is 0 Å². The third-order valence-corrected chi connectivity index (χ3v) is 3.08. The van der Waals surface area contributed by atoms with E-state index in [2.05, 4.69) is 50.4 Å². The Balaban J connectivity index is 2.15. The van der Waals surface area contributed by atoms with Crippen molar-refractivity contribution in [1.82, 2.24) is 5.32 Å². The van der Waals surface area contributed by atoms with Gasteiger partial charge in [0.25, 0.3) is 0 Å². The van der Waals surface area contributed by atoms with Crippen molar-refractivity contribution >= 4 is 0 Å². The van der Waals surface area contributed by atoms with E-state index in [-0.39, 0.29) is 0 Å². The average molecular weight is 249 g/mol. The van der Waals surface area contributed by atoms with Crippen molar-refractivity contribution in [3.8, 4) is 0 Å². The largest absolute Gasteiger partial charge is 0.375 e.